The average Bonchev–Trinajstić information content (AvgIpc) is 2.95. The zero-order chi connectivity index (χ0) is 19.1. The number of nitrogens with two attached hydrogens (primary N) is 1. The Morgan fingerprint density at radius 3 is 2.59 bits per heavy atom. The average molecular weight is 384 g/mol. The molecule has 2 aromatic carbocycles. The van der Waals surface area contributed by atoms with Gasteiger partial charge in [-0.15, -0.1) is 0 Å². The standard InChI is InChI=1S/C20H22ClN5O/c1-13-23-19-18(25(13)11-10-22)20(27)26(15-6-4-3-5-7-15)17-12-14(21)8-9-16(17)24(19)2/h3-9,12-13,23H,10-11,22H2,1-2H3. The van der Waals surface area contributed by atoms with E-state index in [0.717, 1.165) is 22.9 Å². The SMILES string of the molecule is CC1NC2=C(C(=O)N(c3ccccc3)c3cc(Cl)ccc3N2C)N1CCN. The van der Waals surface area contributed by atoms with Gasteiger partial charge in [0.15, 0.2) is 0 Å². The Labute approximate surface area is 163 Å². The molecule has 0 aliphatic carbocycles. The fraction of sp³-hybridized carbons (Fsp3) is 0.250. The van der Waals surface area contributed by atoms with Gasteiger partial charge >= 0.3 is 0 Å². The topological polar surface area (TPSA) is 64.8 Å². The fourth-order valence-corrected chi connectivity index (χ4v) is 3.89. The Hall–Kier alpha value is -2.70. The minimum Gasteiger partial charge on any atom is -0.350 e. The predicted molar refractivity (Wildman–Crippen MR) is 109 cm³/mol. The van der Waals surface area contributed by atoms with Crippen molar-refractivity contribution in [3.63, 3.8) is 0 Å². The van der Waals surface area contributed by atoms with Gasteiger partial charge < -0.3 is 20.9 Å². The van der Waals surface area contributed by atoms with Crippen molar-refractivity contribution in [2.24, 2.45) is 5.73 Å². The van der Waals surface area contributed by atoms with Gasteiger partial charge in [-0.1, -0.05) is 29.8 Å². The summed E-state index contributed by atoms with van der Waals surface area (Å²) in [5.74, 6) is 0.678. The van der Waals surface area contributed by atoms with Gasteiger partial charge in [0, 0.05) is 30.8 Å². The second kappa shape index (κ2) is 6.79. The molecule has 2 aliphatic rings. The van der Waals surface area contributed by atoms with Gasteiger partial charge in [-0.25, -0.2) is 0 Å². The lowest BCUT2D eigenvalue weighted by molar-refractivity contribution is -0.116. The van der Waals surface area contributed by atoms with E-state index < -0.39 is 0 Å². The van der Waals surface area contributed by atoms with Crippen LogP contribution in [0.3, 0.4) is 0 Å². The predicted octanol–water partition coefficient (Wildman–Crippen LogP) is 2.83. The number of para-hydroxylation sites is 1. The molecule has 1 unspecified atom stereocenters. The van der Waals surface area contributed by atoms with E-state index in [0.29, 0.717) is 23.8 Å². The number of nitrogens with one attached hydrogen (secondary N) is 1. The Morgan fingerprint density at radius 1 is 1.15 bits per heavy atom. The molecule has 1 atom stereocenters. The van der Waals surface area contributed by atoms with E-state index in [1.807, 2.05) is 72.3 Å². The number of carbonyl (C=O) groups is 1. The molecule has 3 N–H and O–H groups in total. The number of halogens is 1. The highest BCUT2D eigenvalue weighted by Crippen LogP contribution is 2.42. The first-order chi connectivity index (χ1) is 13.0. The summed E-state index contributed by atoms with van der Waals surface area (Å²) < 4.78 is 0. The smallest absolute Gasteiger partial charge is 0.283 e. The van der Waals surface area contributed by atoms with Crippen LogP contribution in [0.15, 0.2) is 60.0 Å². The lowest BCUT2D eigenvalue weighted by atomic mass is 10.2. The normalized spacial score (nSPS) is 19.0. The lowest BCUT2D eigenvalue weighted by Crippen LogP contribution is -2.42. The molecule has 6 nitrogen and oxygen atoms in total. The molecule has 0 bridgehead atoms. The Morgan fingerprint density at radius 2 is 1.89 bits per heavy atom. The molecule has 0 saturated heterocycles. The lowest BCUT2D eigenvalue weighted by Gasteiger charge is -2.30. The second-order valence-electron chi connectivity index (χ2n) is 6.67. The number of hydrogen-bond acceptors (Lipinski definition) is 5. The molecule has 0 spiro atoms. The van der Waals surface area contributed by atoms with Crippen molar-refractivity contribution in [3.8, 4) is 0 Å². The van der Waals surface area contributed by atoms with Crippen molar-refractivity contribution in [2.75, 3.05) is 29.9 Å². The number of rotatable bonds is 3. The van der Waals surface area contributed by atoms with Crippen LogP contribution in [0.2, 0.25) is 5.02 Å². The summed E-state index contributed by atoms with van der Waals surface area (Å²) in [5.41, 5.74) is 8.87. The van der Waals surface area contributed by atoms with Gasteiger partial charge in [-0.05, 0) is 37.3 Å². The van der Waals surface area contributed by atoms with Crippen molar-refractivity contribution in [2.45, 2.75) is 13.1 Å². The van der Waals surface area contributed by atoms with Crippen LogP contribution in [0.5, 0.6) is 0 Å². The highest BCUT2D eigenvalue weighted by molar-refractivity contribution is 6.31. The van der Waals surface area contributed by atoms with Crippen LogP contribution in [-0.4, -0.2) is 37.1 Å². The number of carbonyl (C=O) groups excluding carboxylic acids is 1. The molecular weight excluding hydrogens is 362 g/mol. The third-order valence-electron chi connectivity index (χ3n) is 4.99. The van der Waals surface area contributed by atoms with Gasteiger partial charge in [0.25, 0.3) is 5.91 Å². The maximum atomic E-state index is 13.8. The van der Waals surface area contributed by atoms with Crippen LogP contribution in [0.1, 0.15) is 6.92 Å². The number of benzene rings is 2. The van der Waals surface area contributed by atoms with E-state index in [1.165, 1.54) is 0 Å². The van der Waals surface area contributed by atoms with Crippen LogP contribution in [0.25, 0.3) is 0 Å². The third kappa shape index (κ3) is 2.81. The largest absolute Gasteiger partial charge is 0.350 e. The number of nitrogens with zero attached hydrogens (tertiary/aromatic N) is 3. The van der Waals surface area contributed by atoms with Crippen molar-refractivity contribution in [3.05, 3.63) is 65.1 Å². The summed E-state index contributed by atoms with van der Waals surface area (Å²) in [6.45, 7) is 3.08. The zero-order valence-electron chi connectivity index (χ0n) is 15.3. The first-order valence-corrected chi connectivity index (χ1v) is 9.31. The molecule has 0 radical (unpaired) electrons. The minimum absolute atomic E-state index is 0.0172. The van der Waals surface area contributed by atoms with E-state index in [4.69, 9.17) is 17.3 Å². The number of fused-ring (bicyclic) bond motifs is 1. The van der Waals surface area contributed by atoms with Crippen LogP contribution in [-0.2, 0) is 4.79 Å². The van der Waals surface area contributed by atoms with E-state index in [1.54, 1.807) is 4.90 Å². The fourth-order valence-electron chi connectivity index (χ4n) is 3.73. The summed E-state index contributed by atoms with van der Waals surface area (Å²) in [6.07, 6.45) is -0.0172. The monoisotopic (exact) mass is 383 g/mol. The van der Waals surface area contributed by atoms with Gasteiger partial charge in [-0.3, -0.25) is 9.69 Å². The molecule has 27 heavy (non-hydrogen) atoms. The molecule has 2 aromatic rings. The maximum absolute atomic E-state index is 13.8. The molecule has 0 fully saturated rings. The highest BCUT2D eigenvalue weighted by atomic mass is 35.5. The Balaban J connectivity index is 1.95. The molecule has 140 valence electrons. The molecular formula is C20H22ClN5O. The Kier molecular flexibility index (Phi) is 4.45. The summed E-state index contributed by atoms with van der Waals surface area (Å²) in [6, 6.07) is 15.2. The number of amides is 1. The first-order valence-electron chi connectivity index (χ1n) is 8.93. The van der Waals surface area contributed by atoms with Gasteiger partial charge in [0.2, 0.25) is 0 Å². The Bertz CT molecular complexity index is 914. The molecule has 2 heterocycles. The van der Waals surface area contributed by atoms with Gasteiger partial charge in [0.05, 0.1) is 17.5 Å². The maximum Gasteiger partial charge on any atom is 0.283 e. The summed E-state index contributed by atoms with van der Waals surface area (Å²) in [4.78, 5) is 19.5. The molecule has 4 rings (SSSR count). The van der Waals surface area contributed by atoms with Gasteiger partial charge in [-0.2, -0.15) is 0 Å². The summed E-state index contributed by atoms with van der Waals surface area (Å²) in [7, 11) is 1.95. The van der Waals surface area contributed by atoms with Crippen LogP contribution in [0, 0.1) is 0 Å². The second-order valence-corrected chi connectivity index (χ2v) is 7.10. The molecule has 0 aromatic heterocycles. The van der Waals surface area contributed by atoms with Crippen LogP contribution < -0.4 is 20.9 Å². The van der Waals surface area contributed by atoms with Crippen molar-refractivity contribution < 1.29 is 4.79 Å². The molecule has 7 heteroatoms. The van der Waals surface area contributed by atoms with E-state index >= 15 is 0 Å². The van der Waals surface area contributed by atoms with E-state index in [-0.39, 0.29) is 12.1 Å². The minimum atomic E-state index is -0.102. The molecule has 1 amide bonds. The first kappa shape index (κ1) is 17.7. The van der Waals surface area contributed by atoms with Crippen LogP contribution >= 0.6 is 11.6 Å². The summed E-state index contributed by atoms with van der Waals surface area (Å²) >= 11 is 6.29. The number of anilines is 3. The highest BCUT2D eigenvalue weighted by Gasteiger charge is 2.41. The van der Waals surface area contributed by atoms with Crippen molar-refractivity contribution in [1.82, 2.24) is 10.2 Å². The number of hydrogen-bond donors (Lipinski definition) is 2. The van der Waals surface area contributed by atoms with Crippen molar-refractivity contribution in [1.29, 1.82) is 0 Å². The van der Waals surface area contributed by atoms with E-state index in [2.05, 4.69) is 5.32 Å². The zero-order valence-corrected chi connectivity index (χ0v) is 16.1. The van der Waals surface area contributed by atoms with E-state index in [9.17, 15) is 4.79 Å². The van der Waals surface area contributed by atoms with Crippen LogP contribution in [0.4, 0.5) is 17.1 Å². The molecule has 0 saturated carbocycles. The molecule has 2 aliphatic heterocycles. The third-order valence-corrected chi connectivity index (χ3v) is 5.22. The van der Waals surface area contributed by atoms with Crippen molar-refractivity contribution >= 4 is 34.6 Å². The summed E-state index contributed by atoms with van der Waals surface area (Å²) in [5, 5.41) is 4.02. The quantitative estimate of drug-likeness (QED) is 0.853. The van der Waals surface area contributed by atoms with Gasteiger partial charge in [0.1, 0.15) is 11.5 Å².